The molecule has 0 spiro atoms. The molecule has 0 aliphatic carbocycles. The number of thioether (sulfide) groups is 1. The lowest BCUT2D eigenvalue weighted by Gasteiger charge is -1.86. The average molecular weight is 157 g/mol. The monoisotopic (exact) mass is 157 g/mol. The molecule has 0 amide bonds. The quantitative estimate of drug-likeness (QED) is 0.622. The van der Waals surface area contributed by atoms with E-state index in [9.17, 15) is 4.79 Å². The second-order valence-corrected chi connectivity index (χ2v) is 2.48. The van der Waals surface area contributed by atoms with Crippen LogP contribution >= 0.6 is 11.8 Å². The van der Waals surface area contributed by atoms with E-state index in [1.807, 2.05) is 0 Å². The number of nitrogens with one attached hydrogen (secondary N) is 1. The first kappa shape index (κ1) is 7.14. The maximum atomic E-state index is 10.9. The molecule has 1 aromatic heterocycles. The summed E-state index contributed by atoms with van der Waals surface area (Å²) >= 11 is 1.13. The Hall–Kier alpha value is -0.970. The highest BCUT2D eigenvalue weighted by molar-refractivity contribution is 8.13. The van der Waals surface area contributed by atoms with E-state index in [0.29, 0.717) is 11.5 Å². The zero-order valence-corrected chi connectivity index (χ0v) is 6.23. The molecule has 0 unspecified atom stereocenters. The molecule has 0 fully saturated rings. The van der Waals surface area contributed by atoms with Crippen LogP contribution in [-0.4, -0.2) is 21.6 Å². The Morgan fingerprint density at radius 3 is 3.00 bits per heavy atom. The number of carbonyl (C=O) groups excluding carboxylic acids is 1. The van der Waals surface area contributed by atoms with Gasteiger partial charge in [-0.1, -0.05) is 11.8 Å². The van der Waals surface area contributed by atoms with Crippen LogP contribution in [0.2, 0.25) is 0 Å². The van der Waals surface area contributed by atoms with Crippen LogP contribution in [0.4, 0.5) is 5.82 Å². The fourth-order valence-electron chi connectivity index (χ4n) is 0.552. The summed E-state index contributed by atoms with van der Waals surface area (Å²) in [6, 6.07) is 1.51. The topological polar surface area (TPSA) is 71.8 Å². The summed E-state index contributed by atoms with van der Waals surface area (Å²) in [6.07, 6.45) is 1.71. The van der Waals surface area contributed by atoms with Gasteiger partial charge in [0.05, 0.1) is 0 Å². The fraction of sp³-hybridized carbons (Fsp3) is 0.200. The first-order valence-electron chi connectivity index (χ1n) is 2.63. The summed E-state index contributed by atoms with van der Waals surface area (Å²) in [4.78, 5) is 10.9. The van der Waals surface area contributed by atoms with Gasteiger partial charge in [0.25, 0.3) is 0 Å². The largest absolute Gasteiger partial charge is 0.382 e. The molecule has 54 valence electrons. The molecule has 1 rings (SSSR count). The van der Waals surface area contributed by atoms with E-state index in [1.165, 1.54) is 6.07 Å². The lowest BCUT2D eigenvalue weighted by Crippen LogP contribution is -1.91. The van der Waals surface area contributed by atoms with Crippen molar-refractivity contribution in [2.75, 3.05) is 12.0 Å². The molecule has 0 aliphatic heterocycles. The average Bonchev–Trinajstić information content (AvgIpc) is 2.34. The molecule has 0 aliphatic rings. The Bertz CT molecular complexity index is 245. The smallest absolute Gasteiger partial charge is 0.236 e. The van der Waals surface area contributed by atoms with Crippen molar-refractivity contribution in [3.8, 4) is 0 Å². The van der Waals surface area contributed by atoms with E-state index in [0.717, 1.165) is 11.8 Å². The molecule has 1 aromatic rings. The first-order valence-corrected chi connectivity index (χ1v) is 3.85. The second kappa shape index (κ2) is 2.74. The number of nitrogen functional groups attached to an aromatic ring is 1. The Labute approximate surface area is 62.2 Å². The fourth-order valence-corrected chi connectivity index (χ4v) is 0.876. The zero-order valence-electron chi connectivity index (χ0n) is 5.42. The minimum Gasteiger partial charge on any atom is -0.382 e. The maximum Gasteiger partial charge on any atom is 0.236 e. The van der Waals surface area contributed by atoms with Crippen molar-refractivity contribution >= 4 is 22.7 Å². The van der Waals surface area contributed by atoms with Crippen molar-refractivity contribution in [3.63, 3.8) is 0 Å². The van der Waals surface area contributed by atoms with Crippen LogP contribution in [0.25, 0.3) is 0 Å². The lowest BCUT2D eigenvalue weighted by atomic mass is 10.5. The summed E-state index contributed by atoms with van der Waals surface area (Å²) in [6.45, 7) is 0. The van der Waals surface area contributed by atoms with Crippen LogP contribution in [0.3, 0.4) is 0 Å². The van der Waals surface area contributed by atoms with Gasteiger partial charge in [0, 0.05) is 6.07 Å². The molecule has 0 atom stereocenters. The van der Waals surface area contributed by atoms with Crippen LogP contribution in [0.15, 0.2) is 6.07 Å². The molecule has 0 radical (unpaired) electrons. The van der Waals surface area contributed by atoms with Crippen molar-refractivity contribution in [2.45, 2.75) is 0 Å². The standard InChI is InChI=1S/C5H7N3OS/c1-10-5(9)3-2-4(6)8-7-3/h2H,1H3,(H3,6,7,8). The zero-order chi connectivity index (χ0) is 7.56. The van der Waals surface area contributed by atoms with E-state index in [1.54, 1.807) is 6.26 Å². The highest BCUT2D eigenvalue weighted by Crippen LogP contribution is 2.07. The molecular weight excluding hydrogens is 150 g/mol. The lowest BCUT2D eigenvalue weighted by molar-refractivity contribution is 0.108. The molecule has 10 heavy (non-hydrogen) atoms. The predicted octanol–water partition coefficient (Wildman–Crippen LogP) is 0.495. The van der Waals surface area contributed by atoms with Crippen molar-refractivity contribution in [2.24, 2.45) is 0 Å². The Kier molecular flexibility index (Phi) is 1.96. The first-order chi connectivity index (χ1) is 4.74. The number of nitrogens with zero attached hydrogens (tertiary/aromatic N) is 1. The van der Waals surface area contributed by atoms with Crippen LogP contribution in [-0.2, 0) is 0 Å². The van der Waals surface area contributed by atoms with E-state index < -0.39 is 0 Å². The number of aromatic amines is 1. The van der Waals surface area contributed by atoms with E-state index in [2.05, 4.69) is 10.2 Å². The third-order valence-electron chi connectivity index (χ3n) is 1.00. The van der Waals surface area contributed by atoms with Gasteiger partial charge >= 0.3 is 0 Å². The highest BCUT2D eigenvalue weighted by Gasteiger charge is 2.05. The van der Waals surface area contributed by atoms with Crippen molar-refractivity contribution in [1.29, 1.82) is 0 Å². The Morgan fingerprint density at radius 1 is 1.90 bits per heavy atom. The SMILES string of the molecule is CSC(=O)c1cc(N)n[nH]1. The van der Waals surface area contributed by atoms with Crippen LogP contribution in [0.1, 0.15) is 10.5 Å². The summed E-state index contributed by atoms with van der Waals surface area (Å²) < 4.78 is 0. The third-order valence-corrected chi connectivity index (χ3v) is 1.59. The van der Waals surface area contributed by atoms with E-state index in [4.69, 9.17) is 5.73 Å². The Morgan fingerprint density at radius 2 is 2.60 bits per heavy atom. The van der Waals surface area contributed by atoms with Gasteiger partial charge in [-0.2, -0.15) is 5.10 Å². The number of carbonyl (C=O) groups is 1. The van der Waals surface area contributed by atoms with Crippen molar-refractivity contribution in [3.05, 3.63) is 11.8 Å². The minimum atomic E-state index is -0.0517. The summed E-state index contributed by atoms with van der Waals surface area (Å²) in [5.41, 5.74) is 5.72. The Balaban J connectivity index is 2.85. The normalized spacial score (nSPS) is 9.70. The number of H-pyrrole nitrogens is 1. The molecule has 4 nitrogen and oxygen atoms in total. The number of aromatic nitrogens is 2. The van der Waals surface area contributed by atoms with Crippen LogP contribution < -0.4 is 5.73 Å². The van der Waals surface area contributed by atoms with E-state index >= 15 is 0 Å². The molecular formula is C5H7N3OS. The summed E-state index contributed by atoms with van der Waals surface area (Å²) in [5.74, 6) is 0.345. The van der Waals surface area contributed by atoms with Gasteiger partial charge in [0.2, 0.25) is 5.12 Å². The highest BCUT2D eigenvalue weighted by atomic mass is 32.2. The number of rotatable bonds is 1. The molecule has 0 aromatic carbocycles. The third kappa shape index (κ3) is 1.30. The van der Waals surface area contributed by atoms with Crippen LogP contribution in [0.5, 0.6) is 0 Å². The summed E-state index contributed by atoms with van der Waals surface area (Å²) in [7, 11) is 0. The van der Waals surface area contributed by atoms with Crippen LogP contribution in [0, 0.1) is 0 Å². The van der Waals surface area contributed by atoms with Crippen molar-refractivity contribution < 1.29 is 4.79 Å². The van der Waals surface area contributed by atoms with Gasteiger partial charge in [-0.25, -0.2) is 0 Å². The number of anilines is 1. The molecule has 0 saturated carbocycles. The van der Waals surface area contributed by atoms with Gasteiger partial charge in [-0.3, -0.25) is 9.89 Å². The summed E-state index contributed by atoms with van der Waals surface area (Å²) in [5, 5.41) is 6.06. The second-order valence-electron chi connectivity index (χ2n) is 1.70. The van der Waals surface area contributed by atoms with Crippen molar-refractivity contribution in [1.82, 2.24) is 10.2 Å². The predicted molar refractivity (Wildman–Crippen MR) is 40.8 cm³/mol. The van der Waals surface area contributed by atoms with Gasteiger partial charge in [0.1, 0.15) is 11.5 Å². The van der Waals surface area contributed by atoms with Gasteiger partial charge in [0.15, 0.2) is 0 Å². The molecule has 0 saturated heterocycles. The minimum absolute atomic E-state index is 0.0517. The molecule has 0 bridgehead atoms. The number of hydrogen-bond donors (Lipinski definition) is 2. The molecule has 5 heteroatoms. The number of nitrogens with two attached hydrogens (primary N) is 1. The molecule has 3 N–H and O–H groups in total. The van der Waals surface area contributed by atoms with Gasteiger partial charge < -0.3 is 5.73 Å². The maximum absolute atomic E-state index is 10.9. The van der Waals surface area contributed by atoms with Gasteiger partial charge in [-0.05, 0) is 6.26 Å². The van der Waals surface area contributed by atoms with E-state index in [-0.39, 0.29) is 5.12 Å². The molecule has 1 heterocycles. The number of hydrogen-bond acceptors (Lipinski definition) is 4. The van der Waals surface area contributed by atoms with Gasteiger partial charge in [-0.15, -0.1) is 0 Å².